The van der Waals surface area contributed by atoms with Crippen LogP contribution in [0.4, 0.5) is 0 Å². The lowest BCUT2D eigenvalue weighted by molar-refractivity contribution is 0.235. The molecule has 1 aliphatic heterocycles. The van der Waals surface area contributed by atoms with Crippen LogP contribution in [-0.2, 0) is 6.42 Å². The van der Waals surface area contributed by atoms with Gasteiger partial charge in [-0.25, -0.2) is 0 Å². The van der Waals surface area contributed by atoms with Gasteiger partial charge in [0.25, 0.3) is 0 Å². The molecule has 1 aliphatic rings. The summed E-state index contributed by atoms with van der Waals surface area (Å²) in [7, 11) is 0. The van der Waals surface area contributed by atoms with E-state index >= 15 is 0 Å². The molecule has 100 valence electrons. The predicted molar refractivity (Wildman–Crippen MR) is 75.6 cm³/mol. The molecule has 2 heteroatoms. The standard InChI is InChI=1S/C16H25NO/c18-12-4-7-15-10-11-17-16(13-15)9-8-14-5-2-1-3-6-14/h1-3,5-6,15-18H,4,7-13H2. The molecule has 0 radical (unpaired) electrons. The van der Waals surface area contributed by atoms with Gasteiger partial charge in [0.1, 0.15) is 0 Å². The number of rotatable bonds is 6. The summed E-state index contributed by atoms with van der Waals surface area (Å²) < 4.78 is 0. The highest BCUT2D eigenvalue weighted by molar-refractivity contribution is 5.14. The number of aliphatic hydroxyl groups is 1. The second-order valence-corrected chi connectivity index (χ2v) is 5.43. The molecule has 0 saturated carbocycles. The molecule has 2 rings (SSSR count). The third-order valence-corrected chi connectivity index (χ3v) is 4.00. The fourth-order valence-electron chi connectivity index (χ4n) is 2.94. The molecule has 1 aromatic rings. The summed E-state index contributed by atoms with van der Waals surface area (Å²) in [5.74, 6) is 0.819. The van der Waals surface area contributed by atoms with Crippen LogP contribution >= 0.6 is 0 Å². The molecule has 0 aromatic heterocycles. The van der Waals surface area contributed by atoms with Crippen LogP contribution in [0.15, 0.2) is 30.3 Å². The van der Waals surface area contributed by atoms with Gasteiger partial charge in [0.2, 0.25) is 0 Å². The van der Waals surface area contributed by atoms with E-state index in [1.54, 1.807) is 0 Å². The first-order chi connectivity index (χ1) is 8.88. The first-order valence-corrected chi connectivity index (χ1v) is 7.26. The summed E-state index contributed by atoms with van der Waals surface area (Å²) >= 11 is 0. The monoisotopic (exact) mass is 247 g/mol. The lowest BCUT2D eigenvalue weighted by atomic mass is 9.86. The largest absolute Gasteiger partial charge is 0.396 e. The van der Waals surface area contributed by atoms with Gasteiger partial charge in [-0.2, -0.15) is 0 Å². The molecule has 0 aliphatic carbocycles. The predicted octanol–water partition coefficient (Wildman–Crippen LogP) is 2.76. The molecule has 0 spiro atoms. The van der Waals surface area contributed by atoms with Gasteiger partial charge in [0.05, 0.1) is 0 Å². The molecular formula is C16H25NO. The topological polar surface area (TPSA) is 32.3 Å². The Morgan fingerprint density at radius 3 is 2.78 bits per heavy atom. The molecule has 0 amide bonds. The summed E-state index contributed by atoms with van der Waals surface area (Å²) in [6.45, 7) is 1.49. The molecule has 1 aromatic carbocycles. The lowest BCUT2D eigenvalue weighted by Gasteiger charge is -2.30. The van der Waals surface area contributed by atoms with Gasteiger partial charge in [-0.05, 0) is 56.6 Å². The van der Waals surface area contributed by atoms with Crippen molar-refractivity contribution in [3.8, 4) is 0 Å². The van der Waals surface area contributed by atoms with Gasteiger partial charge in [-0.15, -0.1) is 0 Å². The van der Waals surface area contributed by atoms with E-state index in [0.29, 0.717) is 12.6 Å². The zero-order valence-corrected chi connectivity index (χ0v) is 11.1. The molecule has 2 atom stereocenters. The molecule has 2 nitrogen and oxygen atoms in total. The summed E-state index contributed by atoms with van der Waals surface area (Å²) in [6, 6.07) is 11.4. The van der Waals surface area contributed by atoms with Crippen LogP contribution in [0.5, 0.6) is 0 Å². The van der Waals surface area contributed by atoms with Gasteiger partial charge in [0, 0.05) is 12.6 Å². The average Bonchev–Trinajstić information content (AvgIpc) is 2.44. The van der Waals surface area contributed by atoms with E-state index in [0.717, 1.165) is 18.9 Å². The maximum Gasteiger partial charge on any atom is 0.0431 e. The number of piperidine rings is 1. The minimum absolute atomic E-state index is 0.346. The zero-order valence-electron chi connectivity index (χ0n) is 11.1. The summed E-state index contributed by atoms with van der Waals surface area (Å²) in [4.78, 5) is 0. The molecule has 1 saturated heterocycles. The Morgan fingerprint density at radius 2 is 2.00 bits per heavy atom. The third-order valence-electron chi connectivity index (χ3n) is 4.00. The smallest absolute Gasteiger partial charge is 0.0431 e. The third kappa shape index (κ3) is 4.43. The van der Waals surface area contributed by atoms with Crippen LogP contribution in [0.2, 0.25) is 0 Å². The Labute approximate surface area is 110 Å². The van der Waals surface area contributed by atoms with Crippen molar-refractivity contribution in [1.29, 1.82) is 0 Å². The Bertz CT molecular complexity index is 325. The Balaban J connectivity index is 1.72. The quantitative estimate of drug-likeness (QED) is 0.810. The van der Waals surface area contributed by atoms with E-state index in [-0.39, 0.29) is 0 Å². The van der Waals surface area contributed by atoms with Crippen molar-refractivity contribution in [1.82, 2.24) is 5.32 Å². The number of benzene rings is 1. The molecule has 2 N–H and O–H groups in total. The number of aliphatic hydroxyl groups excluding tert-OH is 1. The van der Waals surface area contributed by atoms with Crippen LogP contribution in [0, 0.1) is 5.92 Å². The highest BCUT2D eigenvalue weighted by atomic mass is 16.2. The van der Waals surface area contributed by atoms with E-state index in [1.165, 1.54) is 37.7 Å². The number of aryl methyl sites for hydroxylation is 1. The normalized spacial score (nSPS) is 24.1. The van der Waals surface area contributed by atoms with E-state index in [4.69, 9.17) is 5.11 Å². The zero-order chi connectivity index (χ0) is 12.6. The van der Waals surface area contributed by atoms with Crippen molar-refractivity contribution in [2.75, 3.05) is 13.2 Å². The number of hydrogen-bond acceptors (Lipinski definition) is 2. The maximum absolute atomic E-state index is 8.90. The first-order valence-electron chi connectivity index (χ1n) is 7.26. The summed E-state index contributed by atoms with van der Waals surface area (Å²) in [5.41, 5.74) is 1.44. The molecule has 0 bridgehead atoms. The van der Waals surface area contributed by atoms with E-state index in [9.17, 15) is 0 Å². The van der Waals surface area contributed by atoms with Crippen LogP contribution in [-0.4, -0.2) is 24.3 Å². The number of hydrogen-bond donors (Lipinski definition) is 2. The fraction of sp³-hybridized carbons (Fsp3) is 0.625. The highest BCUT2D eigenvalue weighted by Crippen LogP contribution is 2.23. The maximum atomic E-state index is 8.90. The minimum Gasteiger partial charge on any atom is -0.396 e. The Kier molecular flexibility index (Phi) is 5.69. The Hall–Kier alpha value is -0.860. The van der Waals surface area contributed by atoms with Crippen LogP contribution in [0.1, 0.15) is 37.7 Å². The van der Waals surface area contributed by atoms with Crippen LogP contribution in [0.25, 0.3) is 0 Å². The van der Waals surface area contributed by atoms with Gasteiger partial charge in [0.15, 0.2) is 0 Å². The van der Waals surface area contributed by atoms with Gasteiger partial charge in [-0.3, -0.25) is 0 Å². The number of nitrogens with one attached hydrogen (secondary N) is 1. The van der Waals surface area contributed by atoms with Gasteiger partial charge in [-0.1, -0.05) is 30.3 Å². The van der Waals surface area contributed by atoms with Gasteiger partial charge >= 0.3 is 0 Å². The lowest BCUT2D eigenvalue weighted by Crippen LogP contribution is -2.38. The van der Waals surface area contributed by atoms with Crippen molar-refractivity contribution >= 4 is 0 Å². The van der Waals surface area contributed by atoms with Crippen molar-refractivity contribution in [2.24, 2.45) is 5.92 Å². The first kappa shape index (κ1) is 13.6. The molecule has 1 heterocycles. The summed E-state index contributed by atoms with van der Waals surface area (Å²) in [6.07, 6.45) is 7.13. The van der Waals surface area contributed by atoms with Crippen molar-refractivity contribution in [3.05, 3.63) is 35.9 Å². The second kappa shape index (κ2) is 7.55. The van der Waals surface area contributed by atoms with Crippen molar-refractivity contribution in [3.63, 3.8) is 0 Å². The minimum atomic E-state index is 0.346. The second-order valence-electron chi connectivity index (χ2n) is 5.43. The van der Waals surface area contributed by atoms with E-state index in [2.05, 4.69) is 35.6 Å². The van der Waals surface area contributed by atoms with Crippen molar-refractivity contribution < 1.29 is 5.11 Å². The van der Waals surface area contributed by atoms with Crippen LogP contribution in [0.3, 0.4) is 0 Å². The average molecular weight is 247 g/mol. The molecular weight excluding hydrogens is 222 g/mol. The SMILES string of the molecule is OCCCC1CCNC(CCc2ccccc2)C1. The van der Waals surface area contributed by atoms with E-state index in [1.807, 2.05) is 0 Å². The fourth-order valence-corrected chi connectivity index (χ4v) is 2.94. The van der Waals surface area contributed by atoms with Crippen molar-refractivity contribution in [2.45, 2.75) is 44.6 Å². The van der Waals surface area contributed by atoms with E-state index < -0.39 is 0 Å². The molecule has 18 heavy (non-hydrogen) atoms. The van der Waals surface area contributed by atoms with Gasteiger partial charge < -0.3 is 10.4 Å². The highest BCUT2D eigenvalue weighted by Gasteiger charge is 2.20. The molecule has 1 fully saturated rings. The summed E-state index contributed by atoms with van der Waals surface area (Å²) in [5, 5.41) is 12.5. The molecule has 2 unspecified atom stereocenters. The van der Waals surface area contributed by atoms with Crippen LogP contribution < -0.4 is 5.32 Å². The Morgan fingerprint density at radius 1 is 1.17 bits per heavy atom.